The summed E-state index contributed by atoms with van der Waals surface area (Å²) < 4.78 is 16.1. The zero-order chi connectivity index (χ0) is 18.5. The number of anilines is 1. The fourth-order valence-electron chi connectivity index (χ4n) is 2.13. The van der Waals surface area contributed by atoms with E-state index >= 15 is 0 Å². The number of pyridine rings is 1. The minimum absolute atomic E-state index is 0.280. The van der Waals surface area contributed by atoms with Crippen molar-refractivity contribution in [1.82, 2.24) is 4.98 Å². The number of benzene rings is 1. The van der Waals surface area contributed by atoms with Crippen LogP contribution >= 0.6 is 0 Å². The molecule has 0 spiro atoms. The van der Waals surface area contributed by atoms with Gasteiger partial charge in [0.25, 0.3) is 0 Å². The first-order chi connectivity index (χ1) is 12.8. The molecule has 2 rings (SSSR count). The number of aromatic nitrogens is 1. The topological polar surface area (TPSA) is 75.5 Å². The molecule has 3 N–H and O–H groups in total. The van der Waals surface area contributed by atoms with Crippen LogP contribution in [0.2, 0.25) is 0 Å². The van der Waals surface area contributed by atoms with Gasteiger partial charge in [0.15, 0.2) is 6.61 Å². The van der Waals surface area contributed by atoms with Crippen molar-refractivity contribution in [2.75, 3.05) is 52.0 Å². The minimum Gasteiger partial charge on any atom is -0.475 e. The molecule has 0 aliphatic carbocycles. The van der Waals surface area contributed by atoms with E-state index in [9.17, 15) is 0 Å². The second kappa shape index (κ2) is 12.0. The van der Waals surface area contributed by atoms with Crippen molar-refractivity contribution in [3.63, 3.8) is 0 Å². The normalized spacial score (nSPS) is 11.0. The van der Waals surface area contributed by atoms with E-state index in [1.54, 1.807) is 6.20 Å². The SMILES string of the molecule is CNc1ccc(/C=C/c2ccc(OCCOCCOCC[OH2+])nc2)cc1. The predicted octanol–water partition coefficient (Wildman–Crippen LogP) is 2.43. The van der Waals surface area contributed by atoms with Gasteiger partial charge in [-0.2, -0.15) is 0 Å². The maximum Gasteiger partial charge on any atom is 0.213 e. The Kier molecular flexibility index (Phi) is 9.21. The lowest BCUT2D eigenvalue weighted by atomic mass is 10.1. The van der Waals surface area contributed by atoms with Crippen molar-refractivity contribution in [2.24, 2.45) is 0 Å². The van der Waals surface area contributed by atoms with Gasteiger partial charge in [-0.3, -0.25) is 0 Å². The van der Waals surface area contributed by atoms with Crippen molar-refractivity contribution in [3.05, 3.63) is 53.7 Å². The average molecular weight is 359 g/mol. The Hall–Kier alpha value is -2.41. The Labute approximate surface area is 154 Å². The molecule has 6 heteroatoms. The van der Waals surface area contributed by atoms with Gasteiger partial charge in [-0.1, -0.05) is 24.3 Å². The Morgan fingerprint density at radius 1 is 0.885 bits per heavy atom. The van der Waals surface area contributed by atoms with Gasteiger partial charge in [-0.15, -0.1) is 0 Å². The fourth-order valence-corrected chi connectivity index (χ4v) is 2.13. The van der Waals surface area contributed by atoms with E-state index in [1.165, 1.54) is 0 Å². The smallest absolute Gasteiger partial charge is 0.213 e. The molecular formula is C20H27N2O4+. The number of hydrogen-bond donors (Lipinski definition) is 1. The van der Waals surface area contributed by atoms with Crippen LogP contribution in [0.5, 0.6) is 5.88 Å². The van der Waals surface area contributed by atoms with Gasteiger partial charge in [0.1, 0.15) is 13.2 Å². The van der Waals surface area contributed by atoms with Crippen molar-refractivity contribution in [1.29, 1.82) is 0 Å². The third kappa shape index (κ3) is 7.65. The number of rotatable bonds is 12. The molecule has 0 atom stereocenters. The Balaban J connectivity index is 1.68. The number of nitrogens with zero attached hydrogens (tertiary/aromatic N) is 1. The van der Waals surface area contributed by atoms with Gasteiger partial charge in [-0.25, -0.2) is 4.98 Å². The van der Waals surface area contributed by atoms with Crippen molar-refractivity contribution in [2.45, 2.75) is 0 Å². The average Bonchev–Trinajstić information content (AvgIpc) is 2.69. The number of ether oxygens (including phenoxy) is 3. The molecule has 0 radical (unpaired) electrons. The monoisotopic (exact) mass is 359 g/mol. The summed E-state index contributed by atoms with van der Waals surface area (Å²) in [5, 5.41) is 10.0. The Bertz CT molecular complexity index is 642. The number of hydrogen-bond acceptors (Lipinski definition) is 5. The molecule has 0 fully saturated rings. The third-order valence-corrected chi connectivity index (χ3v) is 3.52. The first kappa shape index (κ1) is 19.9. The van der Waals surface area contributed by atoms with Crippen LogP contribution in [0.1, 0.15) is 11.1 Å². The highest BCUT2D eigenvalue weighted by molar-refractivity contribution is 5.70. The van der Waals surface area contributed by atoms with E-state index in [0.29, 0.717) is 38.9 Å². The molecule has 0 aliphatic rings. The second-order valence-corrected chi connectivity index (χ2v) is 5.46. The van der Waals surface area contributed by atoms with Gasteiger partial charge in [0.2, 0.25) is 5.88 Å². The van der Waals surface area contributed by atoms with E-state index in [2.05, 4.69) is 22.4 Å². The predicted molar refractivity (Wildman–Crippen MR) is 105 cm³/mol. The van der Waals surface area contributed by atoms with Gasteiger partial charge in [0.05, 0.1) is 19.8 Å². The van der Waals surface area contributed by atoms with Crippen LogP contribution in [0.15, 0.2) is 42.6 Å². The lowest BCUT2D eigenvalue weighted by molar-refractivity contribution is 0.0243. The van der Waals surface area contributed by atoms with Gasteiger partial charge in [-0.05, 0) is 29.3 Å². The van der Waals surface area contributed by atoms with Crippen LogP contribution in [0.4, 0.5) is 5.69 Å². The maximum atomic E-state index is 6.95. The zero-order valence-corrected chi connectivity index (χ0v) is 15.1. The summed E-state index contributed by atoms with van der Waals surface area (Å²) >= 11 is 0. The molecule has 1 aromatic carbocycles. The van der Waals surface area contributed by atoms with Gasteiger partial charge in [0, 0.05) is 25.0 Å². The van der Waals surface area contributed by atoms with Gasteiger partial charge < -0.3 is 24.6 Å². The third-order valence-electron chi connectivity index (χ3n) is 3.52. The highest BCUT2D eigenvalue weighted by Crippen LogP contribution is 2.13. The van der Waals surface area contributed by atoms with Gasteiger partial charge >= 0.3 is 0 Å². The highest BCUT2D eigenvalue weighted by Gasteiger charge is 1.97. The van der Waals surface area contributed by atoms with Crippen LogP contribution in [0.25, 0.3) is 12.2 Å². The van der Waals surface area contributed by atoms with Crippen molar-refractivity contribution in [3.8, 4) is 5.88 Å². The van der Waals surface area contributed by atoms with E-state index < -0.39 is 0 Å². The molecule has 1 heterocycles. The fraction of sp³-hybridized carbons (Fsp3) is 0.350. The molecular weight excluding hydrogens is 332 g/mol. The van der Waals surface area contributed by atoms with E-state index in [1.807, 2.05) is 43.5 Å². The van der Waals surface area contributed by atoms with E-state index in [0.717, 1.165) is 16.8 Å². The summed E-state index contributed by atoms with van der Waals surface area (Å²) in [5.74, 6) is 0.578. The van der Waals surface area contributed by atoms with E-state index in [-0.39, 0.29) is 6.61 Å². The molecule has 0 amide bonds. The second-order valence-electron chi connectivity index (χ2n) is 5.46. The summed E-state index contributed by atoms with van der Waals surface area (Å²) in [4.78, 5) is 4.29. The Morgan fingerprint density at radius 3 is 2.19 bits per heavy atom. The van der Waals surface area contributed by atoms with Crippen LogP contribution in [-0.4, -0.2) is 56.8 Å². The zero-order valence-electron chi connectivity index (χ0n) is 15.1. The summed E-state index contributed by atoms with van der Waals surface area (Å²) in [6.07, 6.45) is 5.85. The molecule has 0 saturated carbocycles. The standard InChI is InChI=1S/C20H26N2O4/c1-21-19-7-4-17(5-8-19)2-3-18-6-9-20(22-16-18)26-15-14-25-13-12-24-11-10-23/h2-9,16,21,23H,10-15H2,1H3/p+1/b3-2+. The molecule has 0 unspecified atom stereocenters. The van der Waals surface area contributed by atoms with Crippen LogP contribution in [0.3, 0.4) is 0 Å². The summed E-state index contributed by atoms with van der Waals surface area (Å²) in [7, 11) is 1.90. The quantitative estimate of drug-likeness (QED) is 0.465. The summed E-state index contributed by atoms with van der Waals surface area (Å²) in [5.41, 5.74) is 3.24. The summed E-state index contributed by atoms with van der Waals surface area (Å²) in [6, 6.07) is 12.0. The molecule has 6 nitrogen and oxygen atoms in total. The van der Waals surface area contributed by atoms with Crippen molar-refractivity contribution >= 4 is 17.8 Å². The molecule has 140 valence electrons. The van der Waals surface area contributed by atoms with Crippen molar-refractivity contribution < 1.29 is 19.3 Å². The van der Waals surface area contributed by atoms with E-state index in [4.69, 9.17) is 19.3 Å². The summed E-state index contributed by atoms with van der Waals surface area (Å²) in [6.45, 7) is 2.68. The molecule has 0 aliphatic heterocycles. The molecule has 26 heavy (non-hydrogen) atoms. The molecule has 0 saturated heterocycles. The lowest BCUT2D eigenvalue weighted by Gasteiger charge is -2.06. The number of nitrogens with one attached hydrogen (secondary N) is 1. The lowest BCUT2D eigenvalue weighted by Crippen LogP contribution is -2.12. The molecule has 1 aromatic heterocycles. The highest BCUT2D eigenvalue weighted by atomic mass is 16.5. The van der Waals surface area contributed by atoms with Crippen LogP contribution < -0.4 is 10.1 Å². The van der Waals surface area contributed by atoms with Crippen LogP contribution in [-0.2, 0) is 9.47 Å². The molecule has 2 aromatic rings. The largest absolute Gasteiger partial charge is 0.475 e. The minimum atomic E-state index is 0.280. The molecule has 0 bridgehead atoms. The first-order valence-corrected chi connectivity index (χ1v) is 8.66. The Morgan fingerprint density at radius 2 is 1.54 bits per heavy atom. The van der Waals surface area contributed by atoms with Crippen LogP contribution in [0, 0.1) is 0 Å². The maximum absolute atomic E-state index is 6.95. The first-order valence-electron chi connectivity index (χ1n) is 8.66.